The highest BCUT2D eigenvalue weighted by molar-refractivity contribution is 6.11. The molecule has 142 valence electrons. The van der Waals surface area contributed by atoms with E-state index in [4.69, 9.17) is 22.1 Å². The fourth-order valence-electron chi connectivity index (χ4n) is 4.95. The highest BCUT2D eigenvalue weighted by Crippen LogP contribution is 2.36. The summed E-state index contributed by atoms with van der Waals surface area (Å²) in [7, 11) is 6.05. The molecule has 3 fully saturated rings. The van der Waals surface area contributed by atoms with Crippen molar-refractivity contribution in [2.45, 2.75) is 103 Å². The molecular weight excluding hydrogens is 311 g/mol. The highest BCUT2D eigenvalue weighted by atomic mass is 16.6. The van der Waals surface area contributed by atoms with E-state index in [0.717, 1.165) is 30.1 Å². The molecule has 3 nitrogen and oxygen atoms in total. The predicted molar refractivity (Wildman–Crippen MR) is 102 cm³/mol. The fraction of sp³-hybridized carbons (Fsp3) is 1.00. The van der Waals surface area contributed by atoms with Gasteiger partial charge in [-0.3, -0.25) is 0 Å². The summed E-state index contributed by atoms with van der Waals surface area (Å²) in [4.78, 5) is 0. The first-order valence-electron chi connectivity index (χ1n) is 10.6. The summed E-state index contributed by atoms with van der Waals surface area (Å²) in [5.74, 6) is 3.14. The Hall–Kier alpha value is -0.0551. The Morgan fingerprint density at radius 2 is 1.48 bits per heavy atom. The predicted octanol–water partition coefficient (Wildman–Crippen LogP) is 4.32. The molecule has 1 aliphatic heterocycles. The Balaban J connectivity index is 1.44. The van der Waals surface area contributed by atoms with Crippen LogP contribution in [0.3, 0.4) is 0 Å². The quantitative estimate of drug-likeness (QED) is 0.641. The van der Waals surface area contributed by atoms with Crippen LogP contribution in [-0.4, -0.2) is 44.9 Å². The average molecular weight is 348 g/mol. The molecule has 4 heteroatoms. The summed E-state index contributed by atoms with van der Waals surface area (Å²) in [6, 6.07) is -0.201. The van der Waals surface area contributed by atoms with Gasteiger partial charge in [-0.2, -0.15) is 0 Å². The van der Waals surface area contributed by atoms with Crippen molar-refractivity contribution >= 4 is 7.85 Å². The van der Waals surface area contributed by atoms with E-state index in [-0.39, 0.29) is 18.2 Å². The van der Waals surface area contributed by atoms with Crippen LogP contribution < -0.4 is 0 Å². The van der Waals surface area contributed by atoms with Crippen molar-refractivity contribution in [3.63, 3.8) is 0 Å². The Kier molecular flexibility index (Phi) is 6.90. The summed E-state index contributed by atoms with van der Waals surface area (Å²) in [5.41, 5.74) is 0. The van der Waals surface area contributed by atoms with Crippen molar-refractivity contribution < 1.29 is 14.2 Å². The van der Waals surface area contributed by atoms with Crippen molar-refractivity contribution in [1.29, 1.82) is 0 Å². The van der Waals surface area contributed by atoms with Crippen LogP contribution in [0.15, 0.2) is 0 Å². The van der Waals surface area contributed by atoms with Gasteiger partial charge in [0.2, 0.25) is 0 Å². The molecule has 0 spiro atoms. The van der Waals surface area contributed by atoms with Crippen molar-refractivity contribution in [3.8, 4) is 0 Å². The lowest BCUT2D eigenvalue weighted by Crippen LogP contribution is -2.33. The summed E-state index contributed by atoms with van der Waals surface area (Å²) in [6.45, 7) is 9.92. The lowest BCUT2D eigenvalue weighted by Gasteiger charge is -2.25. The second kappa shape index (κ2) is 8.76. The fourth-order valence-corrected chi connectivity index (χ4v) is 4.95. The number of hydrogen-bond acceptors (Lipinski definition) is 3. The van der Waals surface area contributed by atoms with Crippen LogP contribution in [0.25, 0.3) is 0 Å². The maximum Gasteiger partial charge on any atom is 0.109 e. The molecule has 6 unspecified atom stereocenters. The van der Waals surface area contributed by atoms with E-state index in [9.17, 15) is 0 Å². The third-order valence-electron chi connectivity index (χ3n) is 6.83. The van der Waals surface area contributed by atoms with Gasteiger partial charge in [-0.15, -0.1) is 0 Å². The Bertz CT molecular complexity index is 414. The van der Waals surface area contributed by atoms with Crippen LogP contribution in [0, 0.1) is 23.7 Å². The molecule has 25 heavy (non-hydrogen) atoms. The lowest BCUT2D eigenvalue weighted by molar-refractivity contribution is -0.0912. The van der Waals surface area contributed by atoms with Gasteiger partial charge in [0.15, 0.2) is 0 Å². The monoisotopic (exact) mass is 348 g/mol. The summed E-state index contributed by atoms with van der Waals surface area (Å²) in [6.07, 6.45) is 9.03. The summed E-state index contributed by atoms with van der Waals surface area (Å²) >= 11 is 0. The summed E-state index contributed by atoms with van der Waals surface area (Å²) in [5, 5.41) is 0. The van der Waals surface area contributed by atoms with Gasteiger partial charge < -0.3 is 14.2 Å². The Labute approximate surface area is 156 Å². The van der Waals surface area contributed by atoms with E-state index in [0.29, 0.717) is 18.8 Å². The highest BCUT2D eigenvalue weighted by Gasteiger charge is 2.38. The van der Waals surface area contributed by atoms with E-state index < -0.39 is 0 Å². The van der Waals surface area contributed by atoms with Gasteiger partial charge >= 0.3 is 0 Å². The van der Waals surface area contributed by atoms with Gasteiger partial charge in [-0.05, 0) is 68.6 Å². The molecule has 3 rings (SSSR count). The SMILES string of the molecule is [B]C1C[C@@H](OC2CCC(C(C)C)C2)C(COC2CCC(C(C)C)C2)O1. The molecule has 2 saturated carbocycles. The molecule has 0 aromatic heterocycles. The van der Waals surface area contributed by atoms with E-state index in [2.05, 4.69) is 27.7 Å². The van der Waals surface area contributed by atoms with Gasteiger partial charge in [-0.25, -0.2) is 0 Å². The summed E-state index contributed by atoms with van der Waals surface area (Å²) < 4.78 is 18.6. The number of ether oxygens (including phenoxy) is 3. The standard InChI is InChI=1S/C21H37BO3/c1-13(2)15-5-7-17(9-15)23-12-20-19(11-21(22)25-20)24-18-8-6-16(10-18)14(3)4/h13-21H,5-12H2,1-4H3/t15?,16?,17?,18?,19-,20?,21?/m1/s1. The largest absolute Gasteiger partial charge is 0.380 e. The zero-order valence-corrected chi connectivity index (χ0v) is 16.7. The minimum atomic E-state index is -0.201. The van der Waals surface area contributed by atoms with E-state index >= 15 is 0 Å². The third kappa shape index (κ3) is 5.23. The van der Waals surface area contributed by atoms with Gasteiger partial charge in [0.1, 0.15) is 14.0 Å². The number of hydrogen-bond donors (Lipinski definition) is 0. The average Bonchev–Trinajstić information content (AvgIpc) is 3.25. The van der Waals surface area contributed by atoms with Crippen LogP contribution in [0.5, 0.6) is 0 Å². The smallest absolute Gasteiger partial charge is 0.109 e. The molecule has 2 radical (unpaired) electrons. The molecule has 1 saturated heterocycles. The van der Waals surface area contributed by atoms with Gasteiger partial charge in [0.05, 0.1) is 24.9 Å². The number of rotatable bonds is 7. The Morgan fingerprint density at radius 1 is 0.880 bits per heavy atom. The molecule has 1 heterocycles. The molecule has 0 aromatic carbocycles. The first-order valence-corrected chi connectivity index (χ1v) is 10.6. The molecular formula is C21H37BO3. The molecule has 0 aromatic rings. The van der Waals surface area contributed by atoms with Crippen LogP contribution in [-0.2, 0) is 14.2 Å². The third-order valence-corrected chi connectivity index (χ3v) is 6.83. The second-order valence-corrected chi connectivity index (χ2v) is 9.33. The van der Waals surface area contributed by atoms with E-state index in [1.807, 2.05) is 0 Å². The van der Waals surface area contributed by atoms with Crippen molar-refractivity contribution in [1.82, 2.24) is 0 Å². The van der Waals surface area contributed by atoms with E-state index in [1.54, 1.807) is 0 Å². The molecule has 7 atom stereocenters. The maximum absolute atomic E-state index is 6.43. The molecule has 0 N–H and O–H groups in total. The van der Waals surface area contributed by atoms with Gasteiger partial charge in [0, 0.05) is 6.00 Å². The van der Waals surface area contributed by atoms with E-state index in [1.165, 1.54) is 38.5 Å². The van der Waals surface area contributed by atoms with Crippen LogP contribution in [0.4, 0.5) is 0 Å². The topological polar surface area (TPSA) is 27.7 Å². The molecule has 0 amide bonds. The first kappa shape index (κ1) is 19.7. The maximum atomic E-state index is 6.43. The molecule has 0 bridgehead atoms. The van der Waals surface area contributed by atoms with Crippen LogP contribution >= 0.6 is 0 Å². The lowest BCUT2D eigenvalue weighted by atomic mass is 9.94. The minimum Gasteiger partial charge on any atom is -0.380 e. The van der Waals surface area contributed by atoms with Crippen molar-refractivity contribution in [2.75, 3.05) is 6.61 Å². The van der Waals surface area contributed by atoms with Crippen molar-refractivity contribution in [2.24, 2.45) is 23.7 Å². The van der Waals surface area contributed by atoms with Crippen LogP contribution in [0.1, 0.15) is 72.6 Å². The normalized spacial score (nSPS) is 42.1. The van der Waals surface area contributed by atoms with Gasteiger partial charge in [-0.1, -0.05) is 27.7 Å². The van der Waals surface area contributed by atoms with Crippen LogP contribution in [0.2, 0.25) is 0 Å². The second-order valence-electron chi connectivity index (χ2n) is 9.33. The van der Waals surface area contributed by atoms with Crippen molar-refractivity contribution in [3.05, 3.63) is 0 Å². The zero-order valence-electron chi connectivity index (χ0n) is 16.7. The van der Waals surface area contributed by atoms with Gasteiger partial charge in [0.25, 0.3) is 0 Å². The molecule has 3 aliphatic rings. The minimum absolute atomic E-state index is 0.00574. The first-order chi connectivity index (χ1) is 11.9. The Morgan fingerprint density at radius 3 is 2.08 bits per heavy atom. The molecule has 2 aliphatic carbocycles. The zero-order chi connectivity index (χ0) is 18.0.